The third-order valence-corrected chi connectivity index (χ3v) is 4.31. The number of ether oxygens (including phenoxy) is 2. The Hall–Kier alpha value is -0.850. The quantitative estimate of drug-likeness (QED) is 0.321. The van der Waals surface area contributed by atoms with E-state index in [1.807, 2.05) is 0 Å². The van der Waals surface area contributed by atoms with Crippen LogP contribution in [0.1, 0.15) is 39.5 Å². The molecule has 2 N–H and O–H groups in total. The molecule has 6 nitrogen and oxygen atoms in total. The van der Waals surface area contributed by atoms with Crippen LogP contribution in [0.4, 0.5) is 0 Å². The van der Waals surface area contributed by atoms with Gasteiger partial charge in [0, 0.05) is 33.4 Å². The van der Waals surface area contributed by atoms with Crippen LogP contribution in [0.5, 0.6) is 0 Å². The SMILES string of the molecule is CCNC(=NCCCOCCOC)NCCCN1CCC(C)CC1. The summed E-state index contributed by atoms with van der Waals surface area (Å²) in [6.45, 7) is 12.9. The Balaban J connectivity index is 2.07. The van der Waals surface area contributed by atoms with Gasteiger partial charge in [-0.25, -0.2) is 0 Å². The lowest BCUT2D eigenvalue weighted by Gasteiger charge is -2.30. The summed E-state index contributed by atoms with van der Waals surface area (Å²) in [5, 5.41) is 6.73. The molecule has 1 rings (SSSR count). The summed E-state index contributed by atoms with van der Waals surface area (Å²) >= 11 is 0. The first-order chi connectivity index (χ1) is 11.8. The van der Waals surface area contributed by atoms with Crippen molar-refractivity contribution in [3.05, 3.63) is 0 Å². The van der Waals surface area contributed by atoms with Crippen molar-refractivity contribution in [3.8, 4) is 0 Å². The second-order valence-corrected chi connectivity index (χ2v) is 6.52. The molecule has 24 heavy (non-hydrogen) atoms. The number of guanidine groups is 1. The zero-order chi connectivity index (χ0) is 17.5. The highest BCUT2D eigenvalue weighted by Gasteiger charge is 2.14. The summed E-state index contributed by atoms with van der Waals surface area (Å²) in [6, 6.07) is 0. The maximum absolute atomic E-state index is 5.45. The first-order valence-electron chi connectivity index (χ1n) is 9.57. The van der Waals surface area contributed by atoms with Gasteiger partial charge in [-0.15, -0.1) is 0 Å². The lowest BCUT2D eigenvalue weighted by atomic mass is 9.99. The fourth-order valence-corrected chi connectivity index (χ4v) is 2.74. The maximum atomic E-state index is 5.45. The molecule has 0 spiro atoms. The predicted molar refractivity (Wildman–Crippen MR) is 101 cm³/mol. The number of nitrogens with zero attached hydrogens (tertiary/aromatic N) is 2. The zero-order valence-electron chi connectivity index (χ0n) is 16.0. The van der Waals surface area contributed by atoms with Crippen LogP contribution in [-0.2, 0) is 9.47 Å². The Morgan fingerprint density at radius 3 is 2.62 bits per heavy atom. The normalized spacial score (nSPS) is 17.2. The standard InChI is InChI=1S/C18H38N4O2/c1-4-19-18(21-10-6-14-24-16-15-23-3)20-9-5-11-22-12-7-17(2)8-13-22/h17H,4-16H2,1-3H3,(H2,19,20,21). The van der Waals surface area contributed by atoms with Gasteiger partial charge in [0.15, 0.2) is 5.96 Å². The van der Waals surface area contributed by atoms with Crippen molar-refractivity contribution < 1.29 is 9.47 Å². The van der Waals surface area contributed by atoms with Crippen molar-refractivity contribution in [2.75, 3.05) is 66.2 Å². The van der Waals surface area contributed by atoms with Crippen LogP contribution in [0.2, 0.25) is 0 Å². The van der Waals surface area contributed by atoms with E-state index in [0.29, 0.717) is 13.2 Å². The molecule has 0 radical (unpaired) electrons. The lowest BCUT2D eigenvalue weighted by molar-refractivity contribution is 0.0702. The van der Waals surface area contributed by atoms with Crippen LogP contribution in [0.3, 0.4) is 0 Å². The van der Waals surface area contributed by atoms with Gasteiger partial charge in [0.25, 0.3) is 0 Å². The predicted octanol–water partition coefficient (Wildman–Crippen LogP) is 1.72. The fourth-order valence-electron chi connectivity index (χ4n) is 2.74. The van der Waals surface area contributed by atoms with Gasteiger partial charge < -0.3 is 25.0 Å². The smallest absolute Gasteiger partial charge is 0.191 e. The van der Waals surface area contributed by atoms with E-state index in [1.165, 1.54) is 38.9 Å². The van der Waals surface area contributed by atoms with Gasteiger partial charge >= 0.3 is 0 Å². The van der Waals surface area contributed by atoms with Crippen molar-refractivity contribution in [3.63, 3.8) is 0 Å². The molecule has 0 aliphatic carbocycles. The molecule has 1 heterocycles. The highest BCUT2D eigenvalue weighted by molar-refractivity contribution is 5.79. The topological polar surface area (TPSA) is 58.1 Å². The first kappa shape index (κ1) is 21.2. The molecule has 0 bridgehead atoms. The Labute approximate surface area is 148 Å². The molecule has 0 saturated carbocycles. The van der Waals surface area contributed by atoms with Gasteiger partial charge in [-0.3, -0.25) is 4.99 Å². The van der Waals surface area contributed by atoms with E-state index in [0.717, 1.165) is 44.5 Å². The van der Waals surface area contributed by atoms with Gasteiger partial charge in [-0.05, 0) is 58.2 Å². The molecule has 0 aromatic carbocycles. The van der Waals surface area contributed by atoms with E-state index in [9.17, 15) is 0 Å². The molecule has 1 fully saturated rings. The number of hydrogen-bond acceptors (Lipinski definition) is 4. The Kier molecular flexibility index (Phi) is 12.8. The average molecular weight is 343 g/mol. The third kappa shape index (κ3) is 10.8. The van der Waals surface area contributed by atoms with Gasteiger partial charge in [0.05, 0.1) is 13.2 Å². The summed E-state index contributed by atoms with van der Waals surface area (Å²) in [5.41, 5.74) is 0. The van der Waals surface area contributed by atoms with Crippen LogP contribution >= 0.6 is 0 Å². The van der Waals surface area contributed by atoms with E-state index in [4.69, 9.17) is 9.47 Å². The van der Waals surface area contributed by atoms with E-state index in [-0.39, 0.29) is 0 Å². The molecule has 0 unspecified atom stereocenters. The molecule has 1 aliphatic rings. The highest BCUT2D eigenvalue weighted by atomic mass is 16.5. The van der Waals surface area contributed by atoms with Crippen molar-refractivity contribution >= 4 is 5.96 Å². The van der Waals surface area contributed by atoms with Gasteiger partial charge in [0.2, 0.25) is 0 Å². The Morgan fingerprint density at radius 1 is 1.12 bits per heavy atom. The van der Waals surface area contributed by atoms with Crippen molar-refractivity contribution in [2.45, 2.75) is 39.5 Å². The van der Waals surface area contributed by atoms with E-state index in [1.54, 1.807) is 7.11 Å². The first-order valence-corrected chi connectivity index (χ1v) is 9.57. The summed E-state index contributed by atoms with van der Waals surface area (Å²) < 4.78 is 10.4. The molecule has 0 aromatic rings. The number of nitrogens with one attached hydrogen (secondary N) is 2. The van der Waals surface area contributed by atoms with Crippen molar-refractivity contribution in [1.29, 1.82) is 0 Å². The van der Waals surface area contributed by atoms with E-state index >= 15 is 0 Å². The van der Waals surface area contributed by atoms with E-state index < -0.39 is 0 Å². The molecule has 6 heteroatoms. The minimum atomic E-state index is 0.656. The molecule has 0 atom stereocenters. The van der Waals surface area contributed by atoms with Crippen LogP contribution < -0.4 is 10.6 Å². The second kappa shape index (κ2) is 14.5. The van der Waals surface area contributed by atoms with Crippen LogP contribution in [0.25, 0.3) is 0 Å². The molecular formula is C18H38N4O2. The Bertz CT molecular complexity index is 318. The maximum Gasteiger partial charge on any atom is 0.191 e. The average Bonchev–Trinajstić information content (AvgIpc) is 2.59. The molecule has 0 amide bonds. The Morgan fingerprint density at radius 2 is 1.92 bits per heavy atom. The molecule has 1 aliphatic heterocycles. The van der Waals surface area contributed by atoms with Crippen molar-refractivity contribution in [1.82, 2.24) is 15.5 Å². The van der Waals surface area contributed by atoms with Crippen LogP contribution in [0.15, 0.2) is 4.99 Å². The van der Waals surface area contributed by atoms with Gasteiger partial charge in [-0.2, -0.15) is 0 Å². The van der Waals surface area contributed by atoms with Gasteiger partial charge in [-0.1, -0.05) is 6.92 Å². The zero-order valence-corrected chi connectivity index (χ0v) is 16.0. The third-order valence-electron chi connectivity index (χ3n) is 4.31. The fraction of sp³-hybridized carbons (Fsp3) is 0.944. The second-order valence-electron chi connectivity index (χ2n) is 6.52. The number of rotatable bonds is 12. The minimum Gasteiger partial charge on any atom is -0.382 e. The largest absolute Gasteiger partial charge is 0.382 e. The number of methoxy groups -OCH3 is 1. The van der Waals surface area contributed by atoms with Crippen LogP contribution in [0, 0.1) is 5.92 Å². The molecule has 0 aromatic heterocycles. The number of likely N-dealkylation sites (tertiary alicyclic amines) is 1. The monoisotopic (exact) mass is 342 g/mol. The summed E-state index contributed by atoms with van der Waals surface area (Å²) in [6.07, 6.45) is 4.80. The highest BCUT2D eigenvalue weighted by Crippen LogP contribution is 2.15. The molecule has 1 saturated heterocycles. The van der Waals surface area contributed by atoms with E-state index in [2.05, 4.69) is 34.4 Å². The summed E-state index contributed by atoms with van der Waals surface area (Å²) in [5.74, 6) is 1.83. The summed E-state index contributed by atoms with van der Waals surface area (Å²) in [4.78, 5) is 7.18. The number of aliphatic imine (C=N–C) groups is 1. The summed E-state index contributed by atoms with van der Waals surface area (Å²) in [7, 11) is 1.69. The lowest BCUT2D eigenvalue weighted by Crippen LogP contribution is -2.39. The van der Waals surface area contributed by atoms with Crippen molar-refractivity contribution in [2.24, 2.45) is 10.9 Å². The van der Waals surface area contributed by atoms with Gasteiger partial charge in [0.1, 0.15) is 0 Å². The minimum absolute atomic E-state index is 0.656. The van der Waals surface area contributed by atoms with Crippen LogP contribution in [-0.4, -0.2) is 77.1 Å². The number of hydrogen-bond donors (Lipinski definition) is 2. The number of piperidine rings is 1. The molecule has 142 valence electrons. The molecular weight excluding hydrogens is 304 g/mol.